The fraction of sp³-hybridized carbons (Fsp3) is 0.333. The fourth-order valence-corrected chi connectivity index (χ4v) is 3.49. The van der Waals surface area contributed by atoms with Gasteiger partial charge in [-0.2, -0.15) is 0 Å². The van der Waals surface area contributed by atoms with E-state index < -0.39 is 0 Å². The van der Waals surface area contributed by atoms with Gasteiger partial charge in [-0.25, -0.2) is 0 Å². The van der Waals surface area contributed by atoms with Gasteiger partial charge in [-0.15, -0.1) is 24.0 Å². The molecular formula is C21H25IN4O3. The molecule has 2 aromatic rings. The molecule has 0 aliphatic carbocycles. The fourth-order valence-electron chi connectivity index (χ4n) is 3.49. The average molecular weight is 508 g/mol. The predicted octanol–water partition coefficient (Wildman–Crippen LogP) is 2.33. The van der Waals surface area contributed by atoms with Crippen molar-refractivity contribution in [3.63, 3.8) is 0 Å². The largest absolute Gasteiger partial charge is 0.454 e. The lowest BCUT2D eigenvalue weighted by Crippen LogP contribution is -2.44. The number of para-hydroxylation sites is 1. The molecule has 8 heteroatoms. The first-order valence-electron chi connectivity index (χ1n) is 9.46. The van der Waals surface area contributed by atoms with E-state index >= 15 is 0 Å². The minimum absolute atomic E-state index is 0. The summed E-state index contributed by atoms with van der Waals surface area (Å²) in [7, 11) is 1.70. The second kappa shape index (κ2) is 9.82. The summed E-state index contributed by atoms with van der Waals surface area (Å²) in [5, 5.41) is 6.35. The molecule has 7 nitrogen and oxygen atoms in total. The van der Waals surface area contributed by atoms with E-state index in [1.165, 1.54) is 5.56 Å². The molecule has 0 radical (unpaired) electrons. The molecule has 0 saturated heterocycles. The highest BCUT2D eigenvalue weighted by Gasteiger charge is 2.23. The third kappa shape index (κ3) is 4.92. The number of ether oxygens (including phenoxy) is 2. The van der Waals surface area contributed by atoms with Gasteiger partial charge in [-0.3, -0.25) is 9.79 Å². The summed E-state index contributed by atoms with van der Waals surface area (Å²) in [6, 6.07) is 14.0. The molecule has 0 bridgehead atoms. The predicted molar refractivity (Wildman–Crippen MR) is 124 cm³/mol. The Hall–Kier alpha value is -2.49. The zero-order valence-corrected chi connectivity index (χ0v) is 18.6. The van der Waals surface area contributed by atoms with Gasteiger partial charge in [0, 0.05) is 25.8 Å². The zero-order chi connectivity index (χ0) is 19.3. The maximum Gasteiger partial charge on any atom is 0.246 e. The first-order chi connectivity index (χ1) is 13.7. The molecule has 2 aromatic carbocycles. The number of carbonyl (C=O) groups excluding carboxylic acids is 1. The molecule has 0 unspecified atom stereocenters. The third-order valence-corrected chi connectivity index (χ3v) is 4.96. The molecule has 0 atom stereocenters. The zero-order valence-electron chi connectivity index (χ0n) is 16.3. The van der Waals surface area contributed by atoms with Gasteiger partial charge in [0.2, 0.25) is 12.7 Å². The van der Waals surface area contributed by atoms with Crippen molar-refractivity contribution in [2.75, 3.05) is 38.4 Å². The average Bonchev–Trinajstić information content (AvgIpc) is 3.36. The third-order valence-electron chi connectivity index (χ3n) is 4.96. The Labute approximate surface area is 187 Å². The number of nitrogens with one attached hydrogen (secondary N) is 2. The van der Waals surface area contributed by atoms with E-state index in [9.17, 15) is 4.79 Å². The molecule has 2 aliphatic heterocycles. The Kier molecular flexibility index (Phi) is 7.18. The maximum absolute atomic E-state index is 12.6. The van der Waals surface area contributed by atoms with E-state index in [1.807, 2.05) is 41.3 Å². The Morgan fingerprint density at radius 1 is 1.14 bits per heavy atom. The van der Waals surface area contributed by atoms with E-state index in [2.05, 4.69) is 21.7 Å². The standard InChI is InChI=1S/C21H24N4O3.HI/c1-22-21(23-10-8-15-6-7-18-19(12-15)28-14-27-18)24-13-20(26)25-11-9-16-4-2-3-5-17(16)25;/h2-7,12H,8-11,13-14H2,1H3,(H2,22,23,24);1H. The van der Waals surface area contributed by atoms with Crippen molar-refractivity contribution in [1.82, 2.24) is 10.6 Å². The first-order valence-corrected chi connectivity index (χ1v) is 9.46. The van der Waals surface area contributed by atoms with Crippen LogP contribution < -0.4 is 25.0 Å². The lowest BCUT2D eigenvalue weighted by molar-refractivity contribution is -0.117. The quantitative estimate of drug-likeness (QED) is 0.369. The van der Waals surface area contributed by atoms with Crippen LogP contribution in [0.2, 0.25) is 0 Å². The number of anilines is 1. The maximum atomic E-state index is 12.6. The second-order valence-corrected chi connectivity index (χ2v) is 6.71. The Morgan fingerprint density at radius 2 is 1.97 bits per heavy atom. The first kappa shape index (κ1) is 21.2. The summed E-state index contributed by atoms with van der Waals surface area (Å²) in [6.45, 7) is 1.91. The molecule has 0 saturated carbocycles. The molecule has 1 amide bonds. The number of halogens is 1. The number of hydrogen-bond donors (Lipinski definition) is 2. The SMILES string of the molecule is CN=C(NCCc1ccc2c(c1)OCO2)NCC(=O)N1CCc2ccccc21.I. The number of nitrogens with zero attached hydrogens (tertiary/aromatic N) is 2. The number of aliphatic imine (C=N–C) groups is 1. The summed E-state index contributed by atoms with van der Waals surface area (Å²) in [5.41, 5.74) is 3.39. The highest BCUT2D eigenvalue weighted by Crippen LogP contribution is 2.32. The summed E-state index contributed by atoms with van der Waals surface area (Å²) in [5.74, 6) is 2.23. The van der Waals surface area contributed by atoms with E-state index in [4.69, 9.17) is 9.47 Å². The van der Waals surface area contributed by atoms with Crippen LogP contribution in [-0.4, -0.2) is 45.3 Å². The summed E-state index contributed by atoms with van der Waals surface area (Å²) >= 11 is 0. The van der Waals surface area contributed by atoms with Crippen LogP contribution >= 0.6 is 24.0 Å². The number of rotatable bonds is 5. The van der Waals surface area contributed by atoms with Gasteiger partial charge in [-0.05, 0) is 42.2 Å². The Morgan fingerprint density at radius 3 is 2.83 bits per heavy atom. The summed E-state index contributed by atoms with van der Waals surface area (Å²) in [4.78, 5) is 18.6. The molecule has 2 heterocycles. The normalized spacial score (nSPS) is 14.2. The second-order valence-electron chi connectivity index (χ2n) is 6.71. The number of fused-ring (bicyclic) bond motifs is 2. The van der Waals surface area contributed by atoms with Crippen molar-refractivity contribution in [3.8, 4) is 11.5 Å². The summed E-state index contributed by atoms with van der Waals surface area (Å²) < 4.78 is 10.7. The van der Waals surface area contributed by atoms with Crippen molar-refractivity contribution < 1.29 is 14.3 Å². The molecule has 0 aromatic heterocycles. The van der Waals surface area contributed by atoms with Gasteiger partial charge >= 0.3 is 0 Å². The van der Waals surface area contributed by atoms with Gasteiger partial charge in [0.05, 0.1) is 6.54 Å². The van der Waals surface area contributed by atoms with E-state index in [-0.39, 0.29) is 43.2 Å². The van der Waals surface area contributed by atoms with Crippen LogP contribution in [-0.2, 0) is 17.6 Å². The Balaban J connectivity index is 0.00000240. The number of amides is 1. The monoisotopic (exact) mass is 508 g/mol. The van der Waals surface area contributed by atoms with Crippen LogP contribution in [0.3, 0.4) is 0 Å². The van der Waals surface area contributed by atoms with Crippen molar-refractivity contribution in [2.24, 2.45) is 4.99 Å². The van der Waals surface area contributed by atoms with E-state index in [1.54, 1.807) is 7.05 Å². The highest BCUT2D eigenvalue weighted by atomic mass is 127. The van der Waals surface area contributed by atoms with Crippen molar-refractivity contribution in [1.29, 1.82) is 0 Å². The lowest BCUT2D eigenvalue weighted by atomic mass is 10.1. The highest BCUT2D eigenvalue weighted by molar-refractivity contribution is 14.0. The van der Waals surface area contributed by atoms with E-state index in [0.29, 0.717) is 12.5 Å². The minimum atomic E-state index is 0. The van der Waals surface area contributed by atoms with Crippen molar-refractivity contribution >= 4 is 41.5 Å². The van der Waals surface area contributed by atoms with Gasteiger partial charge in [0.15, 0.2) is 17.5 Å². The van der Waals surface area contributed by atoms with Crippen LogP contribution in [0.5, 0.6) is 11.5 Å². The smallest absolute Gasteiger partial charge is 0.246 e. The molecule has 0 fully saturated rings. The molecule has 154 valence electrons. The van der Waals surface area contributed by atoms with Crippen molar-refractivity contribution in [3.05, 3.63) is 53.6 Å². The number of benzene rings is 2. The molecular weight excluding hydrogens is 483 g/mol. The van der Waals surface area contributed by atoms with Gasteiger partial charge in [-0.1, -0.05) is 24.3 Å². The number of hydrogen-bond acceptors (Lipinski definition) is 4. The Bertz CT molecular complexity index is 903. The van der Waals surface area contributed by atoms with Crippen LogP contribution in [0, 0.1) is 0 Å². The van der Waals surface area contributed by atoms with E-state index in [0.717, 1.165) is 42.1 Å². The summed E-state index contributed by atoms with van der Waals surface area (Å²) in [6.07, 6.45) is 1.72. The lowest BCUT2D eigenvalue weighted by Gasteiger charge is -2.18. The van der Waals surface area contributed by atoms with Crippen LogP contribution in [0.1, 0.15) is 11.1 Å². The van der Waals surface area contributed by atoms with Gasteiger partial charge < -0.3 is 25.0 Å². The number of carbonyl (C=O) groups is 1. The molecule has 0 spiro atoms. The molecule has 29 heavy (non-hydrogen) atoms. The molecule has 2 aliphatic rings. The molecule has 2 N–H and O–H groups in total. The van der Waals surface area contributed by atoms with Crippen LogP contribution in [0.25, 0.3) is 0 Å². The van der Waals surface area contributed by atoms with Crippen LogP contribution in [0.15, 0.2) is 47.5 Å². The number of guanidine groups is 1. The topological polar surface area (TPSA) is 75.2 Å². The van der Waals surface area contributed by atoms with Crippen LogP contribution in [0.4, 0.5) is 5.69 Å². The van der Waals surface area contributed by atoms with Crippen molar-refractivity contribution in [2.45, 2.75) is 12.8 Å². The van der Waals surface area contributed by atoms with Gasteiger partial charge in [0.25, 0.3) is 0 Å². The van der Waals surface area contributed by atoms with Gasteiger partial charge in [0.1, 0.15) is 0 Å². The molecule has 4 rings (SSSR count). The minimum Gasteiger partial charge on any atom is -0.454 e.